The van der Waals surface area contributed by atoms with Crippen molar-refractivity contribution in [3.63, 3.8) is 0 Å². The molecule has 1 aromatic carbocycles. The van der Waals surface area contributed by atoms with Gasteiger partial charge in [-0.3, -0.25) is 4.79 Å². The van der Waals surface area contributed by atoms with Gasteiger partial charge in [-0.05, 0) is 54.4 Å². The first-order valence-corrected chi connectivity index (χ1v) is 8.65. The number of amides is 1. The zero-order chi connectivity index (χ0) is 18.3. The second-order valence-corrected chi connectivity index (χ2v) is 6.76. The largest absolute Gasteiger partial charge is 0.440 e. The van der Waals surface area contributed by atoms with Gasteiger partial charge < -0.3 is 9.73 Å². The molecule has 0 spiro atoms. The molecule has 1 aliphatic heterocycles. The Hall–Kier alpha value is -2.63. The lowest BCUT2D eigenvalue weighted by atomic mass is 10.0. The van der Waals surface area contributed by atoms with Gasteiger partial charge in [-0.1, -0.05) is 17.7 Å². The molecule has 0 radical (unpaired) electrons. The summed E-state index contributed by atoms with van der Waals surface area (Å²) in [5, 5.41) is 3.49. The first-order chi connectivity index (χ1) is 12.5. The van der Waals surface area contributed by atoms with Gasteiger partial charge in [0.2, 0.25) is 0 Å². The summed E-state index contributed by atoms with van der Waals surface area (Å²) in [6.07, 6.45) is 2.44. The van der Waals surface area contributed by atoms with E-state index in [2.05, 4.69) is 21.4 Å². The maximum atomic E-state index is 12.2. The van der Waals surface area contributed by atoms with Crippen LogP contribution in [0.2, 0.25) is 10.2 Å². The minimum atomic E-state index is -0.390. The maximum Gasteiger partial charge on any atom is 0.291 e. The van der Waals surface area contributed by atoms with Gasteiger partial charge in [0.1, 0.15) is 0 Å². The third kappa shape index (κ3) is 3.23. The normalized spacial score (nSPS) is 12.7. The molecule has 4 rings (SSSR count). The summed E-state index contributed by atoms with van der Waals surface area (Å²) in [4.78, 5) is 21.2. The number of carbonyl (C=O) groups is 1. The van der Waals surface area contributed by atoms with E-state index in [1.54, 1.807) is 24.4 Å². The van der Waals surface area contributed by atoms with Crippen LogP contribution in [0.5, 0.6) is 0 Å². The van der Waals surface area contributed by atoms with Gasteiger partial charge in [0, 0.05) is 34.5 Å². The number of hydrogen-bond acceptors (Lipinski definition) is 4. The van der Waals surface area contributed by atoms with Crippen molar-refractivity contribution in [1.82, 2.24) is 4.98 Å². The van der Waals surface area contributed by atoms with Crippen molar-refractivity contribution in [2.24, 2.45) is 4.99 Å². The SMILES string of the molecule is Cc1cnc2c(c1)CC(c1cc(NC(=O)c3ccc(Cl)o3)ccc1Cl)=N2. The lowest BCUT2D eigenvalue weighted by molar-refractivity contribution is 0.0997. The highest BCUT2D eigenvalue weighted by molar-refractivity contribution is 6.34. The summed E-state index contributed by atoms with van der Waals surface area (Å²) < 4.78 is 5.12. The molecule has 3 aromatic rings. The van der Waals surface area contributed by atoms with Crippen LogP contribution in [-0.4, -0.2) is 16.6 Å². The van der Waals surface area contributed by atoms with Crippen molar-refractivity contribution >= 4 is 46.3 Å². The summed E-state index contributed by atoms with van der Waals surface area (Å²) in [7, 11) is 0. The Morgan fingerprint density at radius 3 is 2.81 bits per heavy atom. The van der Waals surface area contributed by atoms with E-state index >= 15 is 0 Å². The quantitative estimate of drug-likeness (QED) is 0.671. The maximum absolute atomic E-state index is 12.2. The van der Waals surface area contributed by atoms with Gasteiger partial charge in [-0.25, -0.2) is 9.98 Å². The van der Waals surface area contributed by atoms with Crippen molar-refractivity contribution in [3.05, 3.63) is 75.3 Å². The van der Waals surface area contributed by atoms with Crippen LogP contribution in [0.3, 0.4) is 0 Å². The molecule has 0 fully saturated rings. The van der Waals surface area contributed by atoms with E-state index in [-0.39, 0.29) is 16.9 Å². The van der Waals surface area contributed by atoms with Gasteiger partial charge in [-0.2, -0.15) is 0 Å². The number of rotatable bonds is 3. The van der Waals surface area contributed by atoms with E-state index < -0.39 is 0 Å². The molecular formula is C19H13Cl2N3O2. The number of pyridine rings is 1. The summed E-state index contributed by atoms with van der Waals surface area (Å²) in [6, 6.07) is 10.3. The Bertz CT molecular complexity index is 1060. The number of fused-ring (bicyclic) bond motifs is 1. The van der Waals surface area contributed by atoms with E-state index in [1.165, 1.54) is 12.1 Å². The van der Waals surface area contributed by atoms with Crippen molar-refractivity contribution in [3.8, 4) is 0 Å². The fourth-order valence-electron chi connectivity index (χ4n) is 2.81. The lowest BCUT2D eigenvalue weighted by Gasteiger charge is -2.08. The predicted octanol–water partition coefficient (Wildman–Crippen LogP) is 5.22. The first kappa shape index (κ1) is 16.8. The van der Waals surface area contributed by atoms with Crippen molar-refractivity contribution < 1.29 is 9.21 Å². The topological polar surface area (TPSA) is 67.5 Å². The van der Waals surface area contributed by atoms with E-state index in [0.717, 1.165) is 22.4 Å². The van der Waals surface area contributed by atoms with Gasteiger partial charge in [0.05, 0.1) is 5.71 Å². The molecule has 1 aliphatic rings. The highest BCUT2D eigenvalue weighted by Crippen LogP contribution is 2.31. The van der Waals surface area contributed by atoms with Crippen LogP contribution in [-0.2, 0) is 6.42 Å². The zero-order valence-electron chi connectivity index (χ0n) is 13.7. The van der Waals surface area contributed by atoms with E-state index in [1.807, 2.05) is 6.92 Å². The molecule has 130 valence electrons. The highest BCUT2D eigenvalue weighted by Gasteiger charge is 2.20. The lowest BCUT2D eigenvalue weighted by Crippen LogP contribution is -2.12. The fraction of sp³-hybridized carbons (Fsp3) is 0.105. The molecule has 0 unspecified atom stereocenters. The van der Waals surface area contributed by atoms with Crippen LogP contribution < -0.4 is 5.32 Å². The highest BCUT2D eigenvalue weighted by atomic mass is 35.5. The van der Waals surface area contributed by atoms with Crippen LogP contribution >= 0.6 is 23.2 Å². The monoisotopic (exact) mass is 385 g/mol. The molecule has 0 aliphatic carbocycles. The summed E-state index contributed by atoms with van der Waals surface area (Å²) >= 11 is 12.1. The molecule has 26 heavy (non-hydrogen) atoms. The molecule has 3 heterocycles. The minimum absolute atomic E-state index is 0.136. The number of aromatic nitrogens is 1. The molecule has 1 N–H and O–H groups in total. The Labute approximate surface area is 159 Å². The van der Waals surface area contributed by atoms with Crippen LogP contribution in [0.25, 0.3) is 0 Å². The van der Waals surface area contributed by atoms with Crippen LogP contribution in [0.1, 0.15) is 27.2 Å². The number of nitrogens with one attached hydrogen (secondary N) is 1. The number of aliphatic imine (C=N–C) groups is 1. The van der Waals surface area contributed by atoms with E-state index in [9.17, 15) is 4.79 Å². The number of nitrogens with zero attached hydrogens (tertiary/aromatic N) is 2. The standard InChI is InChI=1S/C19H13Cl2N3O2/c1-10-6-11-7-15(24-18(11)22-9-10)13-8-12(2-3-14(13)20)23-19(25)16-4-5-17(21)26-16/h2-6,8-9H,7H2,1H3,(H,23,25). The Morgan fingerprint density at radius 1 is 1.19 bits per heavy atom. The summed E-state index contributed by atoms with van der Waals surface area (Å²) in [5.74, 6) is 0.456. The third-order valence-corrected chi connectivity index (χ3v) is 4.54. The fourth-order valence-corrected chi connectivity index (χ4v) is 3.18. The van der Waals surface area contributed by atoms with Gasteiger partial charge in [0.15, 0.2) is 16.8 Å². The van der Waals surface area contributed by atoms with Crippen LogP contribution in [0.4, 0.5) is 11.5 Å². The number of aryl methyl sites for hydroxylation is 1. The van der Waals surface area contributed by atoms with Gasteiger partial charge in [0.25, 0.3) is 5.91 Å². The average molecular weight is 386 g/mol. The smallest absolute Gasteiger partial charge is 0.291 e. The third-order valence-electron chi connectivity index (χ3n) is 4.01. The van der Waals surface area contributed by atoms with Crippen molar-refractivity contribution in [1.29, 1.82) is 0 Å². The zero-order valence-corrected chi connectivity index (χ0v) is 15.2. The Balaban J connectivity index is 1.60. The molecule has 0 bridgehead atoms. The summed E-state index contributed by atoms with van der Waals surface area (Å²) in [6.45, 7) is 2.00. The molecular weight excluding hydrogens is 373 g/mol. The van der Waals surface area contributed by atoms with Gasteiger partial charge >= 0.3 is 0 Å². The van der Waals surface area contributed by atoms with E-state index in [0.29, 0.717) is 22.9 Å². The Morgan fingerprint density at radius 2 is 2.04 bits per heavy atom. The number of hydrogen-bond donors (Lipinski definition) is 1. The molecule has 2 aromatic heterocycles. The average Bonchev–Trinajstić information content (AvgIpc) is 3.22. The molecule has 7 heteroatoms. The number of benzene rings is 1. The minimum Gasteiger partial charge on any atom is -0.440 e. The Kier molecular flexibility index (Phi) is 4.26. The number of halogens is 2. The number of carbonyl (C=O) groups excluding carboxylic acids is 1. The predicted molar refractivity (Wildman–Crippen MR) is 102 cm³/mol. The second-order valence-electron chi connectivity index (χ2n) is 5.98. The van der Waals surface area contributed by atoms with Crippen molar-refractivity contribution in [2.45, 2.75) is 13.3 Å². The molecule has 0 saturated carbocycles. The number of anilines is 1. The first-order valence-electron chi connectivity index (χ1n) is 7.89. The second kappa shape index (κ2) is 6.59. The molecule has 0 atom stereocenters. The molecule has 0 saturated heterocycles. The van der Waals surface area contributed by atoms with Crippen molar-refractivity contribution in [2.75, 3.05) is 5.32 Å². The van der Waals surface area contributed by atoms with Gasteiger partial charge in [-0.15, -0.1) is 0 Å². The molecule has 1 amide bonds. The van der Waals surface area contributed by atoms with Crippen LogP contribution in [0, 0.1) is 6.92 Å². The summed E-state index contributed by atoms with van der Waals surface area (Å²) in [5.41, 5.74) is 4.32. The number of furan rings is 1. The molecule has 5 nitrogen and oxygen atoms in total. The van der Waals surface area contributed by atoms with Crippen LogP contribution in [0.15, 0.2) is 52.0 Å². The van der Waals surface area contributed by atoms with E-state index in [4.69, 9.17) is 27.6 Å².